The molecule has 1 atom stereocenters. The summed E-state index contributed by atoms with van der Waals surface area (Å²) in [5.41, 5.74) is 11.0. The average Bonchev–Trinajstić information content (AvgIpc) is 3.02. The molecule has 2 aliphatic heterocycles. The molecule has 0 saturated carbocycles. The van der Waals surface area contributed by atoms with Gasteiger partial charge in [-0.2, -0.15) is 0 Å². The van der Waals surface area contributed by atoms with E-state index in [0.29, 0.717) is 41.2 Å². The molecule has 0 bridgehead atoms. The number of pyridine rings is 1. The zero-order chi connectivity index (χ0) is 33.6. The van der Waals surface area contributed by atoms with Crippen LogP contribution >= 0.6 is 0 Å². The summed E-state index contributed by atoms with van der Waals surface area (Å²) in [5.74, 6) is -1.25. The van der Waals surface area contributed by atoms with E-state index < -0.39 is 23.5 Å². The lowest BCUT2D eigenvalue weighted by molar-refractivity contribution is -0.160. The van der Waals surface area contributed by atoms with Gasteiger partial charge in [0.2, 0.25) is 0 Å². The van der Waals surface area contributed by atoms with Crippen LogP contribution < -0.4 is 4.74 Å². The number of carboxylic acids is 1. The van der Waals surface area contributed by atoms with E-state index in [0.717, 1.165) is 60.4 Å². The maximum Gasteiger partial charge on any atom is 0.337 e. The van der Waals surface area contributed by atoms with Crippen LogP contribution in [0.15, 0.2) is 48.5 Å². The molecule has 0 amide bonds. The van der Waals surface area contributed by atoms with Crippen molar-refractivity contribution in [1.82, 2.24) is 9.88 Å². The van der Waals surface area contributed by atoms with Crippen molar-refractivity contribution in [2.24, 2.45) is 0 Å². The van der Waals surface area contributed by atoms with Gasteiger partial charge >= 0.3 is 5.97 Å². The van der Waals surface area contributed by atoms with Crippen LogP contribution in [0.5, 0.6) is 5.75 Å². The molecule has 3 heterocycles. The molecule has 0 saturated heterocycles. The summed E-state index contributed by atoms with van der Waals surface area (Å²) in [5, 5.41) is 10.6. The Hall–Kier alpha value is -4.07. The molecule has 2 aliphatic rings. The highest BCUT2D eigenvalue weighted by atomic mass is 19.1. The van der Waals surface area contributed by atoms with Crippen molar-refractivity contribution in [3.63, 3.8) is 0 Å². The number of ether oxygens (including phenoxy) is 2. The average molecular weight is 637 g/mol. The van der Waals surface area contributed by atoms with Gasteiger partial charge in [-0.3, -0.25) is 9.88 Å². The largest absolute Gasteiger partial charge is 0.490 e. The first-order chi connectivity index (χ1) is 22.3. The summed E-state index contributed by atoms with van der Waals surface area (Å²) in [4.78, 5) is 20.4. The summed E-state index contributed by atoms with van der Waals surface area (Å²) in [6.07, 6.45) is 1.07. The standard InChI is InChI=1S/C40H45FN2O4/c1-23-11-8-9-12-29(23)21-43-17-16-27-19-28(14-15-30(27)22-43)34-25(3)42-26(4)35(38(39(44)45)47-40(5,6)7)36(34)32-20-33(41)37-31(24(32)2)13-10-18-46-37/h8-9,11-12,14-15,19-20,38H,10,13,16-18,21-22H2,1-7H3,(H,44,45). The minimum atomic E-state index is -1.31. The molecule has 246 valence electrons. The molecule has 0 spiro atoms. The van der Waals surface area contributed by atoms with E-state index in [9.17, 15) is 9.90 Å². The molecule has 7 heteroatoms. The number of aliphatic carboxylic acids is 1. The third-order valence-electron chi connectivity index (χ3n) is 9.51. The van der Waals surface area contributed by atoms with Gasteiger partial charge in [0.1, 0.15) is 0 Å². The van der Waals surface area contributed by atoms with Gasteiger partial charge < -0.3 is 14.6 Å². The number of carbonyl (C=O) groups is 1. The Bertz CT molecular complexity index is 1860. The highest BCUT2D eigenvalue weighted by Crippen LogP contribution is 2.47. The Balaban J connectivity index is 1.52. The van der Waals surface area contributed by atoms with Gasteiger partial charge in [-0.05, 0) is 118 Å². The highest BCUT2D eigenvalue weighted by Gasteiger charge is 2.35. The van der Waals surface area contributed by atoms with E-state index in [2.05, 4.69) is 54.3 Å². The molecule has 0 radical (unpaired) electrons. The third kappa shape index (κ3) is 6.56. The van der Waals surface area contributed by atoms with E-state index >= 15 is 4.39 Å². The fraction of sp³-hybridized carbons (Fsp3) is 0.400. The van der Waals surface area contributed by atoms with E-state index in [-0.39, 0.29) is 0 Å². The third-order valence-corrected chi connectivity index (χ3v) is 9.51. The van der Waals surface area contributed by atoms with Crippen LogP contribution in [-0.2, 0) is 35.5 Å². The van der Waals surface area contributed by atoms with Crippen LogP contribution in [0.1, 0.15) is 83.6 Å². The lowest BCUT2D eigenvalue weighted by Crippen LogP contribution is -2.30. The van der Waals surface area contributed by atoms with Crippen LogP contribution in [0.4, 0.5) is 4.39 Å². The van der Waals surface area contributed by atoms with Crippen molar-refractivity contribution in [3.8, 4) is 28.0 Å². The molecule has 1 unspecified atom stereocenters. The van der Waals surface area contributed by atoms with Gasteiger partial charge in [0.25, 0.3) is 0 Å². The van der Waals surface area contributed by atoms with E-state index in [4.69, 9.17) is 14.5 Å². The summed E-state index contributed by atoms with van der Waals surface area (Å²) < 4.78 is 27.9. The summed E-state index contributed by atoms with van der Waals surface area (Å²) >= 11 is 0. The van der Waals surface area contributed by atoms with E-state index in [1.54, 1.807) is 0 Å². The molecular formula is C40H45FN2O4. The number of aromatic nitrogens is 1. The van der Waals surface area contributed by atoms with Gasteiger partial charge in [-0.15, -0.1) is 0 Å². The SMILES string of the molecule is Cc1ccccc1CN1CCc2cc(-c3c(C)nc(C)c(C(OC(C)(C)C)C(=O)O)c3-c3cc(F)c4c(c3C)CCCO4)ccc2C1. The first-order valence-electron chi connectivity index (χ1n) is 16.6. The summed E-state index contributed by atoms with van der Waals surface area (Å²) in [6, 6.07) is 16.6. The van der Waals surface area contributed by atoms with Crippen molar-refractivity contribution in [2.75, 3.05) is 13.2 Å². The normalized spacial score (nSPS) is 15.5. The Morgan fingerprint density at radius 1 is 1.02 bits per heavy atom. The molecule has 6 nitrogen and oxygen atoms in total. The second-order valence-corrected chi connectivity index (χ2v) is 14.1. The smallest absolute Gasteiger partial charge is 0.337 e. The number of fused-ring (bicyclic) bond motifs is 2. The van der Waals surface area contributed by atoms with Crippen LogP contribution in [0.2, 0.25) is 0 Å². The van der Waals surface area contributed by atoms with Gasteiger partial charge in [-0.1, -0.05) is 42.5 Å². The molecule has 0 fully saturated rings. The van der Waals surface area contributed by atoms with Crippen molar-refractivity contribution in [3.05, 3.63) is 105 Å². The number of aryl methyl sites for hydroxylation is 3. The van der Waals surface area contributed by atoms with Crippen molar-refractivity contribution < 1.29 is 23.8 Å². The predicted molar refractivity (Wildman–Crippen MR) is 183 cm³/mol. The molecular weight excluding hydrogens is 591 g/mol. The Morgan fingerprint density at radius 2 is 1.79 bits per heavy atom. The molecule has 6 rings (SSSR count). The number of halogens is 1. The van der Waals surface area contributed by atoms with Gasteiger partial charge in [0, 0.05) is 47.7 Å². The minimum Gasteiger partial charge on any atom is -0.490 e. The van der Waals surface area contributed by atoms with Crippen LogP contribution in [-0.4, -0.2) is 39.7 Å². The highest BCUT2D eigenvalue weighted by molar-refractivity contribution is 5.92. The van der Waals surface area contributed by atoms with Crippen LogP contribution in [0, 0.1) is 33.5 Å². The fourth-order valence-electron chi connectivity index (χ4n) is 7.25. The quantitative estimate of drug-likeness (QED) is 0.219. The van der Waals surface area contributed by atoms with Crippen LogP contribution in [0.3, 0.4) is 0 Å². The number of carboxylic acid groups (broad SMARTS) is 1. The van der Waals surface area contributed by atoms with Crippen LogP contribution in [0.25, 0.3) is 22.3 Å². The van der Waals surface area contributed by atoms with E-state index in [1.807, 2.05) is 41.5 Å². The zero-order valence-electron chi connectivity index (χ0n) is 28.6. The Morgan fingerprint density at radius 3 is 2.51 bits per heavy atom. The molecule has 3 aromatic carbocycles. The first kappa shape index (κ1) is 32.9. The van der Waals surface area contributed by atoms with Gasteiger partial charge in [0.05, 0.1) is 12.2 Å². The summed E-state index contributed by atoms with van der Waals surface area (Å²) in [7, 11) is 0. The Kier molecular flexibility index (Phi) is 8.98. The first-order valence-corrected chi connectivity index (χ1v) is 16.6. The second kappa shape index (κ2) is 12.9. The number of rotatable bonds is 7. The summed E-state index contributed by atoms with van der Waals surface area (Å²) in [6.45, 7) is 16.6. The number of benzene rings is 3. The van der Waals surface area contributed by atoms with Crippen molar-refractivity contribution in [2.45, 2.75) is 92.5 Å². The molecule has 4 aromatic rings. The van der Waals surface area contributed by atoms with Crippen molar-refractivity contribution >= 4 is 5.97 Å². The second-order valence-electron chi connectivity index (χ2n) is 14.1. The number of hydrogen-bond acceptors (Lipinski definition) is 5. The maximum atomic E-state index is 15.8. The van der Waals surface area contributed by atoms with Gasteiger partial charge in [-0.25, -0.2) is 9.18 Å². The van der Waals surface area contributed by atoms with Crippen molar-refractivity contribution in [1.29, 1.82) is 0 Å². The molecule has 47 heavy (non-hydrogen) atoms. The Labute approximate surface area is 277 Å². The lowest BCUT2D eigenvalue weighted by Gasteiger charge is -2.31. The zero-order valence-corrected chi connectivity index (χ0v) is 28.6. The minimum absolute atomic E-state index is 0.299. The lowest BCUT2D eigenvalue weighted by atomic mass is 9.82. The predicted octanol–water partition coefficient (Wildman–Crippen LogP) is 8.61. The molecule has 1 N–H and O–H groups in total. The number of nitrogens with zero attached hydrogens (tertiary/aromatic N) is 2. The fourth-order valence-corrected chi connectivity index (χ4v) is 7.25. The molecule has 1 aromatic heterocycles. The van der Waals surface area contributed by atoms with E-state index in [1.165, 1.54) is 28.3 Å². The molecule has 0 aliphatic carbocycles. The number of hydrogen-bond donors (Lipinski definition) is 1. The topological polar surface area (TPSA) is 71.9 Å². The van der Waals surface area contributed by atoms with Gasteiger partial charge in [0.15, 0.2) is 17.7 Å². The monoisotopic (exact) mass is 636 g/mol. The maximum absolute atomic E-state index is 15.8.